The molecular formula is C18H19N3OS. The van der Waals surface area contributed by atoms with Crippen molar-refractivity contribution in [2.45, 2.75) is 19.0 Å². The molecule has 0 aliphatic carbocycles. The number of aromatic nitrogens is 2. The maximum absolute atomic E-state index is 12.2. The third kappa shape index (κ3) is 3.24. The van der Waals surface area contributed by atoms with E-state index in [2.05, 4.69) is 10.3 Å². The number of amides is 1. The molecule has 0 spiro atoms. The lowest BCUT2D eigenvalue weighted by atomic mass is 10.1. The molecule has 118 valence electrons. The first-order valence-corrected chi connectivity index (χ1v) is 8.45. The summed E-state index contributed by atoms with van der Waals surface area (Å²) in [6.07, 6.45) is 0. The lowest BCUT2D eigenvalue weighted by molar-refractivity contribution is -0.113. The highest BCUT2D eigenvalue weighted by Gasteiger charge is 2.11. The van der Waals surface area contributed by atoms with Crippen LogP contribution in [-0.2, 0) is 11.8 Å². The number of hydrogen-bond acceptors (Lipinski definition) is 3. The Morgan fingerprint density at radius 1 is 1.17 bits per heavy atom. The van der Waals surface area contributed by atoms with E-state index in [9.17, 15) is 4.79 Å². The zero-order valence-electron chi connectivity index (χ0n) is 13.5. The molecule has 3 aromatic rings. The van der Waals surface area contributed by atoms with Gasteiger partial charge in [0.05, 0.1) is 16.8 Å². The van der Waals surface area contributed by atoms with Crippen LogP contribution in [0.4, 0.5) is 5.69 Å². The Labute approximate surface area is 139 Å². The zero-order valence-corrected chi connectivity index (χ0v) is 14.3. The number of imidazole rings is 1. The van der Waals surface area contributed by atoms with E-state index in [1.54, 1.807) is 0 Å². The quantitative estimate of drug-likeness (QED) is 0.740. The van der Waals surface area contributed by atoms with E-state index in [1.807, 2.05) is 67.9 Å². The summed E-state index contributed by atoms with van der Waals surface area (Å²) in [6.45, 7) is 4.06. The Morgan fingerprint density at radius 3 is 2.74 bits per heavy atom. The number of aryl methyl sites for hydroxylation is 2. The molecule has 0 unspecified atom stereocenters. The van der Waals surface area contributed by atoms with Crippen molar-refractivity contribution in [2.75, 3.05) is 11.1 Å². The van der Waals surface area contributed by atoms with Gasteiger partial charge in [-0.15, -0.1) is 0 Å². The predicted molar refractivity (Wildman–Crippen MR) is 96.0 cm³/mol. The molecule has 1 heterocycles. The molecule has 0 saturated heterocycles. The van der Waals surface area contributed by atoms with Crippen molar-refractivity contribution in [3.05, 3.63) is 53.6 Å². The lowest BCUT2D eigenvalue weighted by Gasteiger charge is -2.10. The Balaban J connectivity index is 1.68. The van der Waals surface area contributed by atoms with Crippen LogP contribution in [0.25, 0.3) is 11.0 Å². The van der Waals surface area contributed by atoms with Crippen LogP contribution in [-0.4, -0.2) is 21.2 Å². The number of para-hydroxylation sites is 2. The minimum atomic E-state index is -0.0178. The molecule has 0 saturated carbocycles. The first-order valence-electron chi connectivity index (χ1n) is 7.46. The molecule has 2 aromatic carbocycles. The third-order valence-electron chi connectivity index (χ3n) is 3.96. The third-order valence-corrected chi connectivity index (χ3v) is 4.99. The fraction of sp³-hybridized carbons (Fsp3) is 0.222. The second-order valence-corrected chi connectivity index (χ2v) is 6.47. The van der Waals surface area contributed by atoms with E-state index in [0.29, 0.717) is 5.75 Å². The highest BCUT2D eigenvalue weighted by atomic mass is 32.2. The Bertz CT molecular complexity index is 870. The second kappa shape index (κ2) is 6.46. The maximum atomic E-state index is 12.2. The number of benzene rings is 2. The summed E-state index contributed by atoms with van der Waals surface area (Å²) in [5.41, 5.74) is 5.18. The largest absolute Gasteiger partial charge is 0.325 e. The van der Waals surface area contributed by atoms with Crippen molar-refractivity contribution in [3.8, 4) is 0 Å². The first-order chi connectivity index (χ1) is 11.1. The van der Waals surface area contributed by atoms with Gasteiger partial charge in [0.25, 0.3) is 0 Å². The molecule has 0 aliphatic rings. The number of nitrogens with zero attached hydrogens (tertiary/aromatic N) is 2. The van der Waals surface area contributed by atoms with Crippen molar-refractivity contribution in [2.24, 2.45) is 7.05 Å². The van der Waals surface area contributed by atoms with E-state index in [1.165, 1.54) is 17.3 Å². The summed E-state index contributed by atoms with van der Waals surface area (Å²) < 4.78 is 2.02. The molecule has 0 radical (unpaired) electrons. The SMILES string of the molecule is Cc1cccc(NC(=O)CSc2nc3ccccc3n2C)c1C. The standard InChI is InChI=1S/C18H19N3OS/c1-12-7-6-9-14(13(12)2)19-17(22)11-23-18-20-15-8-4-5-10-16(15)21(18)3/h4-10H,11H2,1-3H3,(H,19,22). The predicted octanol–water partition coefficient (Wildman–Crippen LogP) is 3.92. The van der Waals surface area contributed by atoms with Crippen molar-refractivity contribution in [1.82, 2.24) is 9.55 Å². The molecule has 0 aliphatic heterocycles. The maximum Gasteiger partial charge on any atom is 0.234 e. The lowest BCUT2D eigenvalue weighted by Crippen LogP contribution is -2.15. The van der Waals surface area contributed by atoms with Crippen LogP contribution in [0.3, 0.4) is 0 Å². The fourth-order valence-corrected chi connectivity index (χ4v) is 3.24. The number of carbonyl (C=O) groups is 1. The van der Waals surface area contributed by atoms with Crippen molar-refractivity contribution in [1.29, 1.82) is 0 Å². The molecule has 23 heavy (non-hydrogen) atoms. The summed E-state index contributed by atoms with van der Waals surface area (Å²) >= 11 is 1.45. The summed E-state index contributed by atoms with van der Waals surface area (Å²) in [6, 6.07) is 13.9. The second-order valence-electron chi connectivity index (χ2n) is 5.53. The Kier molecular flexibility index (Phi) is 4.39. The molecule has 3 rings (SSSR count). The van der Waals surface area contributed by atoms with Crippen LogP contribution in [0.5, 0.6) is 0 Å². The van der Waals surface area contributed by atoms with Gasteiger partial charge in [-0.25, -0.2) is 4.98 Å². The van der Waals surface area contributed by atoms with Crippen molar-refractivity contribution >= 4 is 34.4 Å². The highest BCUT2D eigenvalue weighted by molar-refractivity contribution is 7.99. The smallest absolute Gasteiger partial charge is 0.234 e. The topological polar surface area (TPSA) is 46.9 Å². The summed E-state index contributed by atoms with van der Waals surface area (Å²) in [7, 11) is 1.97. The van der Waals surface area contributed by atoms with Gasteiger partial charge in [0.2, 0.25) is 5.91 Å². The number of nitrogens with one attached hydrogen (secondary N) is 1. The van der Waals surface area contributed by atoms with E-state index >= 15 is 0 Å². The van der Waals surface area contributed by atoms with E-state index < -0.39 is 0 Å². The Hall–Kier alpha value is -2.27. The van der Waals surface area contributed by atoms with Crippen LogP contribution in [0.15, 0.2) is 47.6 Å². The van der Waals surface area contributed by atoms with E-state index in [4.69, 9.17) is 0 Å². The molecule has 1 amide bonds. The van der Waals surface area contributed by atoms with Gasteiger partial charge in [0.1, 0.15) is 0 Å². The van der Waals surface area contributed by atoms with Gasteiger partial charge in [-0.1, -0.05) is 36.0 Å². The minimum Gasteiger partial charge on any atom is -0.325 e. The minimum absolute atomic E-state index is 0.0178. The van der Waals surface area contributed by atoms with E-state index in [0.717, 1.165) is 27.4 Å². The van der Waals surface area contributed by atoms with Crippen LogP contribution in [0, 0.1) is 13.8 Å². The van der Waals surface area contributed by atoms with Crippen molar-refractivity contribution in [3.63, 3.8) is 0 Å². The fourth-order valence-electron chi connectivity index (χ4n) is 2.46. The number of carbonyl (C=O) groups excluding carboxylic acids is 1. The first kappa shape index (κ1) is 15.6. The van der Waals surface area contributed by atoms with Crippen molar-refractivity contribution < 1.29 is 4.79 Å². The zero-order chi connectivity index (χ0) is 16.4. The summed E-state index contributed by atoms with van der Waals surface area (Å²) in [5, 5.41) is 3.83. The van der Waals surface area contributed by atoms with Gasteiger partial charge in [0, 0.05) is 12.7 Å². The molecule has 1 aromatic heterocycles. The monoisotopic (exact) mass is 325 g/mol. The summed E-state index contributed by atoms with van der Waals surface area (Å²) in [5.74, 6) is 0.320. The van der Waals surface area contributed by atoms with Gasteiger partial charge < -0.3 is 9.88 Å². The van der Waals surface area contributed by atoms with Gasteiger partial charge in [-0.3, -0.25) is 4.79 Å². The van der Waals surface area contributed by atoms with Gasteiger partial charge in [0.15, 0.2) is 5.16 Å². The number of anilines is 1. The molecule has 1 N–H and O–H groups in total. The van der Waals surface area contributed by atoms with Gasteiger partial charge in [-0.2, -0.15) is 0 Å². The molecule has 4 nitrogen and oxygen atoms in total. The van der Waals surface area contributed by atoms with Crippen LogP contribution < -0.4 is 5.32 Å². The van der Waals surface area contributed by atoms with Gasteiger partial charge >= 0.3 is 0 Å². The van der Waals surface area contributed by atoms with Crippen LogP contribution in [0.1, 0.15) is 11.1 Å². The van der Waals surface area contributed by atoms with E-state index in [-0.39, 0.29) is 5.91 Å². The molecule has 0 fully saturated rings. The number of hydrogen-bond donors (Lipinski definition) is 1. The molecular weight excluding hydrogens is 306 g/mol. The van der Waals surface area contributed by atoms with Gasteiger partial charge in [-0.05, 0) is 43.2 Å². The average Bonchev–Trinajstić information content (AvgIpc) is 2.87. The molecule has 0 bridgehead atoms. The average molecular weight is 325 g/mol. The number of thioether (sulfide) groups is 1. The Morgan fingerprint density at radius 2 is 1.96 bits per heavy atom. The normalized spacial score (nSPS) is 10.9. The van der Waals surface area contributed by atoms with Crippen LogP contribution >= 0.6 is 11.8 Å². The van der Waals surface area contributed by atoms with Crippen LogP contribution in [0.2, 0.25) is 0 Å². The number of fused-ring (bicyclic) bond motifs is 1. The number of rotatable bonds is 4. The highest BCUT2D eigenvalue weighted by Crippen LogP contribution is 2.23. The summed E-state index contributed by atoms with van der Waals surface area (Å²) in [4.78, 5) is 16.8. The molecule has 5 heteroatoms. The molecule has 0 atom stereocenters.